The van der Waals surface area contributed by atoms with Crippen LogP contribution in [0.1, 0.15) is 37.8 Å². The Balaban J connectivity index is 2.53. The fourth-order valence-corrected chi connectivity index (χ4v) is 3.18. The van der Waals surface area contributed by atoms with Crippen molar-refractivity contribution in [3.63, 3.8) is 0 Å². The summed E-state index contributed by atoms with van der Waals surface area (Å²) in [4.78, 5) is 25.3. The molecule has 1 aliphatic rings. The Morgan fingerprint density at radius 3 is 2.81 bits per heavy atom. The van der Waals surface area contributed by atoms with Crippen LogP contribution in [0.2, 0.25) is 5.02 Å². The molecular weight excluding hydrogens is 297 g/mol. The summed E-state index contributed by atoms with van der Waals surface area (Å²) in [5, 5.41) is 9.64. The molecule has 1 aliphatic heterocycles. The summed E-state index contributed by atoms with van der Waals surface area (Å²) in [6.07, 6.45) is 1.25. The number of benzene rings is 1. The molecule has 2 rings (SSSR count). The third-order valence-corrected chi connectivity index (χ3v) is 4.21. The van der Waals surface area contributed by atoms with Crippen LogP contribution in [-0.2, 0) is 9.59 Å². The van der Waals surface area contributed by atoms with E-state index in [9.17, 15) is 19.1 Å². The number of carbonyl (C=O) groups excluding carboxylic acids is 1. The van der Waals surface area contributed by atoms with Crippen molar-refractivity contribution in [2.24, 2.45) is 5.92 Å². The lowest BCUT2D eigenvalue weighted by Gasteiger charge is -2.33. The maximum atomic E-state index is 13.2. The molecule has 0 radical (unpaired) electrons. The Labute approximate surface area is 127 Å². The van der Waals surface area contributed by atoms with Crippen molar-refractivity contribution >= 4 is 23.5 Å². The number of carboxylic acids is 1. The lowest BCUT2D eigenvalue weighted by molar-refractivity contribution is -0.146. The molecule has 1 amide bonds. The number of aliphatic carboxylic acids is 1. The van der Waals surface area contributed by atoms with Gasteiger partial charge in [0.05, 0.1) is 12.0 Å². The average molecular weight is 314 g/mol. The summed E-state index contributed by atoms with van der Waals surface area (Å²) in [6.45, 7) is 2.19. The molecule has 0 aliphatic carbocycles. The molecule has 0 bridgehead atoms. The highest BCUT2D eigenvalue weighted by Crippen LogP contribution is 2.38. The Kier molecular flexibility index (Phi) is 4.83. The number of rotatable bonds is 3. The molecule has 1 aromatic carbocycles. The smallest absolute Gasteiger partial charge is 0.308 e. The molecule has 21 heavy (non-hydrogen) atoms. The first-order valence-electron chi connectivity index (χ1n) is 6.93. The van der Waals surface area contributed by atoms with Crippen LogP contribution < -0.4 is 0 Å². The van der Waals surface area contributed by atoms with Crippen molar-refractivity contribution < 1.29 is 19.1 Å². The van der Waals surface area contributed by atoms with Gasteiger partial charge in [-0.3, -0.25) is 9.59 Å². The monoisotopic (exact) mass is 313 g/mol. The highest BCUT2D eigenvalue weighted by molar-refractivity contribution is 6.31. The Morgan fingerprint density at radius 1 is 1.52 bits per heavy atom. The zero-order chi connectivity index (χ0) is 15.6. The minimum Gasteiger partial charge on any atom is -0.481 e. The molecule has 1 fully saturated rings. The number of hydrogen-bond acceptors (Lipinski definition) is 2. The predicted molar refractivity (Wildman–Crippen MR) is 76.5 cm³/mol. The molecule has 0 saturated carbocycles. The Morgan fingerprint density at radius 2 is 2.24 bits per heavy atom. The minimum absolute atomic E-state index is 0.0911. The van der Waals surface area contributed by atoms with Crippen molar-refractivity contribution in [1.82, 2.24) is 4.90 Å². The molecule has 2 atom stereocenters. The Bertz CT molecular complexity index is 562. The topological polar surface area (TPSA) is 57.6 Å². The van der Waals surface area contributed by atoms with Crippen molar-refractivity contribution in [3.05, 3.63) is 34.6 Å². The maximum Gasteiger partial charge on any atom is 0.308 e. The summed E-state index contributed by atoms with van der Waals surface area (Å²) in [5.41, 5.74) is 0.488. The van der Waals surface area contributed by atoms with Gasteiger partial charge in [0.1, 0.15) is 5.82 Å². The number of hydrogen-bond donors (Lipinski definition) is 1. The number of carbonyl (C=O) groups is 2. The lowest BCUT2D eigenvalue weighted by atomic mass is 9.89. The van der Waals surface area contributed by atoms with Gasteiger partial charge in [-0.05, 0) is 37.5 Å². The van der Waals surface area contributed by atoms with Crippen LogP contribution in [0.25, 0.3) is 0 Å². The van der Waals surface area contributed by atoms with Crippen LogP contribution in [0.5, 0.6) is 0 Å². The third-order valence-electron chi connectivity index (χ3n) is 3.88. The highest BCUT2D eigenvalue weighted by atomic mass is 35.5. The van der Waals surface area contributed by atoms with E-state index in [0.29, 0.717) is 31.4 Å². The van der Waals surface area contributed by atoms with Gasteiger partial charge in [0.15, 0.2) is 0 Å². The molecule has 0 aromatic heterocycles. The van der Waals surface area contributed by atoms with Gasteiger partial charge in [-0.1, -0.05) is 17.7 Å². The summed E-state index contributed by atoms with van der Waals surface area (Å²) in [6, 6.07) is 3.21. The molecule has 1 aromatic rings. The second kappa shape index (κ2) is 6.43. The van der Waals surface area contributed by atoms with Crippen LogP contribution in [0.15, 0.2) is 18.2 Å². The quantitative estimate of drug-likeness (QED) is 0.932. The number of halogens is 2. The molecule has 6 heteroatoms. The van der Waals surface area contributed by atoms with Crippen molar-refractivity contribution in [2.45, 2.75) is 32.2 Å². The largest absolute Gasteiger partial charge is 0.481 e. The molecule has 1 saturated heterocycles. The molecular formula is C15H17ClFNO3. The summed E-state index contributed by atoms with van der Waals surface area (Å²) < 4.78 is 13.2. The minimum atomic E-state index is -0.964. The van der Waals surface area contributed by atoms with Gasteiger partial charge in [-0.2, -0.15) is 0 Å². The van der Waals surface area contributed by atoms with Gasteiger partial charge in [0.25, 0.3) is 0 Å². The fourth-order valence-electron chi connectivity index (χ4n) is 2.90. The van der Waals surface area contributed by atoms with E-state index in [1.807, 2.05) is 0 Å². The van der Waals surface area contributed by atoms with Crippen molar-refractivity contribution in [3.8, 4) is 0 Å². The number of amides is 1. The van der Waals surface area contributed by atoms with E-state index in [1.165, 1.54) is 17.0 Å². The normalized spacial score (nSPS) is 23.0. The molecule has 0 spiro atoms. The number of nitrogens with zero attached hydrogens (tertiary/aromatic N) is 1. The second-order valence-corrected chi connectivity index (χ2v) is 5.53. The van der Waals surface area contributed by atoms with Crippen LogP contribution in [0.4, 0.5) is 4.39 Å². The van der Waals surface area contributed by atoms with E-state index < -0.39 is 23.7 Å². The van der Waals surface area contributed by atoms with Crippen LogP contribution in [-0.4, -0.2) is 28.4 Å². The van der Waals surface area contributed by atoms with E-state index in [1.54, 1.807) is 6.92 Å². The molecule has 1 N–H and O–H groups in total. The third kappa shape index (κ3) is 3.18. The second-order valence-electron chi connectivity index (χ2n) is 5.13. The van der Waals surface area contributed by atoms with Gasteiger partial charge in [0, 0.05) is 18.0 Å². The van der Waals surface area contributed by atoms with Crippen LogP contribution >= 0.6 is 11.6 Å². The van der Waals surface area contributed by atoms with E-state index in [2.05, 4.69) is 0 Å². The standard InChI is InChI=1S/C15H17ClFNO3/c1-2-18-13(19)5-3-4-11(15(20)21)14(18)10-7-6-9(17)8-12(10)16/h6-8,11,14H,2-5H2,1H3,(H,20,21). The van der Waals surface area contributed by atoms with Crippen molar-refractivity contribution in [2.75, 3.05) is 6.54 Å². The first kappa shape index (κ1) is 15.8. The number of carboxylic acid groups (broad SMARTS) is 1. The van der Waals surface area contributed by atoms with Gasteiger partial charge in [-0.25, -0.2) is 4.39 Å². The van der Waals surface area contributed by atoms with E-state index in [-0.39, 0.29) is 10.9 Å². The van der Waals surface area contributed by atoms with Crippen LogP contribution in [0.3, 0.4) is 0 Å². The maximum absolute atomic E-state index is 13.2. The average Bonchev–Trinajstić information content (AvgIpc) is 2.57. The summed E-state index contributed by atoms with van der Waals surface area (Å²) in [5.74, 6) is -2.28. The van der Waals surface area contributed by atoms with Gasteiger partial charge >= 0.3 is 5.97 Å². The van der Waals surface area contributed by atoms with Crippen molar-refractivity contribution in [1.29, 1.82) is 0 Å². The molecule has 114 valence electrons. The first-order chi connectivity index (χ1) is 9.95. The van der Waals surface area contributed by atoms with E-state index in [4.69, 9.17) is 11.6 Å². The summed E-state index contributed by atoms with van der Waals surface area (Å²) in [7, 11) is 0. The van der Waals surface area contributed by atoms with E-state index >= 15 is 0 Å². The number of likely N-dealkylation sites (tertiary alicyclic amines) is 1. The van der Waals surface area contributed by atoms with Gasteiger partial charge < -0.3 is 10.0 Å². The van der Waals surface area contributed by atoms with E-state index in [0.717, 1.165) is 6.07 Å². The highest BCUT2D eigenvalue weighted by Gasteiger charge is 2.38. The molecule has 2 unspecified atom stereocenters. The van der Waals surface area contributed by atoms with Gasteiger partial charge in [0.2, 0.25) is 5.91 Å². The molecule has 1 heterocycles. The Hall–Kier alpha value is -1.62. The predicted octanol–water partition coefficient (Wildman–Crippen LogP) is 3.25. The zero-order valence-corrected chi connectivity index (χ0v) is 12.4. The fraction of sp³-hybridized carbons (Fsp3) is 0.467. The zero-order valence-electron chi connectivity index (χ0n) is 11.7. The SMILES string of the molecule is CCN1C(=O)CCCC(C(=O)O)C1c1ccc(F)cc1Cl. The van der Waals surface area contributed by atoms with Gasteiger partial charge in [-0.15, -0.1) is 0 Å². The molecule has 4 nitrogen and oxygen atoms in total. The lowest BCUT2D eigenvalue weighted by Crippen LogP contribution is -2.39. The first-order valence-corrected chi connectivity index (χ1v) is 7.30. The summed E-state index contributed by atoms with van der Waals surface area (Å²) >= 11 is 6.09. The van der Waals surface area contributed by atoms with Crippen LogP contribution in [0, 0.1) is 11.7 Å².